The molecule has 112 valence electrons. The molecular formula is C15H24N2O2S. The Hall–Kier alpha value is -1.07. The number of hydrogen-bond donors (Lipinski definition) is 1. The second kappa shape index (κ2) is 6.59. The van der Waals surface area contributed by atoms with Gasteiger partial charge in [-0.05, 0) is 38.4 Å². The van der Waals surface area contributed by atoms with Crippen LogP contribution < -0.4 is 10.2 Å². The van der Waals surface area contributed by atoms with E-state index in [0.29, 0.717) is 10.9 Å². The first-order chi connectivity index (χ1) is 9.60. The third-order valence-corrected chi connectivity index (χ3v) is 5.73. The minimum atomic E-state index is -3.18. The zero-order valence-electron chi connectivity index (χ0n) is 12.3. The van der Waals surface area contributed by atoms with Gasteiger partial charge in [0.2, 0.25) is 0 Å². The summed E-state index contributed by atoms with van der Waals surface area (Å²) in [6.45, 7) is 3.52. The Kier molecular flexibility index (Phi) is 5.05. The molecule has 20 heavy (non-hydrogen) atoms. The molecule has 1 saturated heterocycles. The lowest BCUT2D eigenvalue weighted by molar-refractivity contribution is 0.444. The maximum absolute atomic E-state index is 12.3. The molecule has 1 atom stereocenters. The number of likely N-dealkylation sites (N-methyl/N-ethyl adjacent to an activating group) is 1. The molecule has 0 aliphatic carbocycles. The Morgan fingerprint density at radius 1 is 1.30 bits per heavy atom. The summed E-state index contributed by atoms with van der Waals surface area (Å²) in [4.78, 5) is 2.74. The van der Waals surface area contributed by atoms with Gasteiger partial charge >= 0.3 is 0 Å². The summed E-state index contributed by atoms with van der Waals surface area (Å²) in [5, 5.41) is 3.22. The van der Waals surface area contributed by atoms with Gasteiger partial charge in [-0.3, -0.25) is 0 Å². The van der Waals surface area contributed by atoms with Crippen molar-refractivity contribution in [3.05, 3.63) is 24.3 Å². The van der Waals surface area contributed by atoms with Crippen molar-refractivity contribution in [2.24, 2.45) is 0 Å². The number of nitrogens with one attached hydrogen (secondary N) is 1. The molecule has 2 rings (SSSR count). The predicted octanol–water partition coefficient (Wildman–Crippen LogP) is 2.06. The highest BCUT2D eigenvalue weighted by atomic mass is 32.2. The van der Waals surface area contributed by atoms with Crippen molar-refractivity contribution in [3.8, 4) is 0 Å². The molecule has 1 aromatic rings. The number of sulfone groups is 1. The zero-order valence-corrected chi connectivity index (χ0v) is 13.1. The summed E-state index contributed by atoms with van der Waals surface area (Å²) in [5.41, 5.74) is 0.870. The fraction of sp³-hybridized carbons (Fsp3) is 0.600. The van der Waals surface area contributed by atoms with Crippen molar-refractivity contribution >= 4 is 15.5 Å². The monoisotopic (exact) mass is 296 g/mol. The van der Waals surface area contributed by atoms with Crippen molar-refractivity contribution in [2.45, 2.75) is 37.1 Å². The molecule has 1 aromatic carbocycles. The summed E-state index contributed by atoms with van der Waals surface area (Å²) in [7, 11) is -1.23. The molecule has 0 aromatic heterocycles. The summed E-state index contributed by atoms with van der Waals surface area (Å²) >= 11 is 0. The first kappa shape index (κ1) is 15.3. The molecule has 0 bridgehead atoms. The van der Waals surface area contributed by atoms with E-state index < -0.39 is 9.84 Å². The van der Waals surface area contributed by atoms with Crippen LogP contribution in [0.15, 0.2) is 29.2 Å². The van der Waals surface area contributed by atoms with Crippen LogP contribution in [-0.4, -0.2) is 40.3 Å². The van der Waals surface area contributed by atoms with Crippen molar-refractivity contribution in [2.75, 3.05) is 30.8 Å². The molecule has 0 saturated carbocycles. The molecule has 4 nitrogen and oxygen atoms in total. The van der Waals surface area contributed by atoms with Gasteiger partial charge in [0.05, 0.1) is 16.3 Å². The van der Waals surface area contributed by atoms with E-state index >= 15 is 0 Å². The van der Waals surface area contributed by atoms with Gasteiger partial charge < -0.3 is 10.2 Å². The summed E-state index contributed by atoms with van der Waals surface area (Å²) < 4.78 is 24.6. The van der Waals surface area contributed by atoms with Gasteiger partial charge in [0.1, 0.15) is 0 Å². The number of rotatable bonds is 5. The highest BCUT2D eigenvalue weighted by molar-refractivity contribution is 7.91. The first-order valence-electron chi connectivity index (χ1n) is 7.33. The molecular weight excluding hydrogens is 272 g/mol. The Morgan fingerprint density at radius 3 is 2.75 bits per heavy atom. The van der Waals surface area contributed by atoms with Gasteiger partial charge in [-0.15, -0.1) is 0 Å². The van der Waals surface area contributed by atoms with Crippen LogP contribution in [-0.2, 0) is 9.84 Å². The van der Waals surface area contributed by atoms with Crippen LogP contribution in [0, 0.1) is 0 Å². The van der Waals surface area contributed by atoms with Crippen molar-refractivity contribution < 1.29 is 8.42 Å². The van der Waals surface area contributed by atoms with E-state index in [4.69, 9.17) is 0 Å². The second-order valence-corrected chi connectivity index (χ2v) is 7.52. The van der Waals surface area contributed by atoms with Crippen LogP contribution in [0.2, 0.25) is 0 Å². The van der Waals surface area contributed by atoms with E-state index in [0.717, 1.165) is 31.6 Å². The second-order valence-electron chi connectivity index (χ2n) is 5.27. The van der Waals surface area contributed by atoms with E-state index in [1.165, 1.54) is 6.42 Å². The highest BCUT2D eigenvalue weighted by Gasteiger charge is 2.26. The van der Waals surface area contributed by atoms with Gasteiger partial charge in [-0.25, -0.2) is 8.42 Å². The Balaban J connectivity index is 2.40. The molecule has 1 aliphatic heterocycles. The average Bonchev–Trinajstić information content (AvgIpc) is 2.48. The predicted molar refractivity (Wildman–Crippen MR) is 83.1 cm³/mol. The topological polar surface area (TPSA) is 49.4 Å². The number of nitrogens with zero attached hydrogens (tertiary/aromatic N) is 1. The Bertz CT molecular complexity index is 541. The standard InChI is InChI=1S/C15H24N2O2S/c1-3-20(18,19)15-10-5-4-9-14(15)17-11-7-6-8-13(17)12-16-2/h4-5,9-10,13,16H,3,6-8,11-12H2,1-2H3. The van der Waals surface area contributed by atoms with Gasteiger partial charge in [0, 0.05) is 19.1 Å². The van der Waals surface area contributed by atoms with E-state index in [2.05, 4.69) is 10.2 Å². The normalized spacial score (nSPS) is 20.1. The molecule has 0 amide bonds. The SMILES string of the molecule is CCS(=O)(=O)c1ccccc1N1CCCCC1CNC. The lowest BCUT2D eigenvalue weighted by Crippen LogP contribution is -2.45. The summed E-state index contributed by atoms with van der Waals surface area (Å²) in [6.07, 6.45) is 3.45. The zero-order chi connectivity index (χ0) is 14.6. The number of hydrogen-bond acceptors (Lipinski definition) is 4. The highest BCUT2D eigenvalue weighted by Crippen LogP contribution is 2.31. The Morgan fingerprint density at radius 2 is 2.05 bits per heavy atom. The van der Waals surface area contributed by atoms with Crippen molar-refractivity contribution in [1.29, 1.82) is 0 Å². The number of piperidine rings is 1. The van der Waals surface area contributed by atoms with Crippen molar-refractivity contribution in [3.63, 3.8) is 0 Å². The molecule has 1 unspecified atom stereocenters. The molecule has 5 heteroatoms. The molecule has 0 radical (unpaired) electrons. The van der Waals surface area contributed by atoms with E-state index in [1.807, 2.05) is 25.2 Å². The van der Waals surface area contributed by atoms with Crippen LogP contribution in [0.3, 0.4) is 0 Å². The van der Waals surface area contributed by atoms with Gasteiger partial charge in [0.15, 0.2) is 9.84 Å². The van der Waals surface area contributed by atoms with Crippen LogP contribution in [0.4, 0.5) is 5.69 Å². The summed E-state index contributed by atoms with van der Waals surface area (Å²) in [6, 6.07) is 7.79. The van der Waals surface area contributed by atoms with E-state index in [1.54, 1.807) is 13.0 Å². The minimum absolute atomic E-state index is 0.147. The lowest BCUT2D eigenvalue weighted by Gasteiger charge is -2.38. The molecule has 0 spiro atoms. The smallest absolute Gasteiger partial charge is 0.180 e. The van der Waals surface area contributed by atoms with Crippen LogP contribution in [0.1, 0.15) is 26.2 Å². The van der Waals surface area contributed by atoms with Crippen LogP contribution >= 0.6 is 0 Å². The van der Waals surface area contributed by atoms with Gasteiger partial charge in [0.25, 0.3) is 0 Å². The number of para-hydroxylation sites is 1. The third-order valence-electron chi connectivity index (χ3n) is 3.96. The van der Waals surface area contributed by atoms with Crippen LogP contribution in [0.25, 0.3) is 0 Å². The maximum Gasteiger partial charge on any atom is 0.180 e. The largest absolute Gasteiger partial charge is 0.366 e. The van der Waals surface area contributed by atoms with Crippen molar-refractivity contribution in [1.82, 2.24) is 5.32 Å². The molecule has 1 heterocycles. The Labute approximate surface area is 122 Å². The minimum Gasteiger partial charge on any atom is -0.366 e. The van der Waals surface area contributed by atoms with E-state index in [9.17, 15) is 8.42 Å². The summed E-state index contributed by atoms with van der Waals surface area (Å²) in [5.74, 6) is 0.147. The third kappa shape index (κ3) is 3.15. The number of benzene rings is 1. The first-order valence-corrected chi connectivity index (χ1v) is 8.98. The quantitative estimate of drug-likeness (QED) is 0.903. The molecule has 1 N–H and O–H groups in total. The lowest BCUT2D eigenvalue weighted by atomic mass is 10.0. The van der Waals surface area contributed by atoms with E-state index in [-0.39, 0.29) is 5.75 Å². The average molecular weight is 296 g/mol. The number of anilines is 1. The maximum atomic E-state index is 12.3. The van der Waals surface area contributed by atoms with Gasteiger partial charge in [-0.1, -0.05) is 19.1 Å². The van der Waals surface area contributed by atoms with Crippen LogP contribution in [0.5, 0.6) is 0 Å². The molecule has 1 aliphatic rings. The fourth-order valence-electron chi connectivity index (χ4n) is 2.88. The molecule has 1 fully saturated rings. The fourth-order valence-corrected chi connectivity index (χ4v) is 3.98. The van der Waals surface area contributed by atoms with Gasteiger partial charge in [-0.2, -0.15) is 0 Å².